The Kier molecular flexibility index (Phi) is 7.60. The molecule has 0 spiro atoms. The van der Waals surface area contributed by atoms with E-state index in [0.29, 0.717) is 13.1 Å². The number of carbonyl (C=O) groups is 2. The second kappa shape index (κ2) is 10.4. The third-order valence-electron chi connectivity index (χ3n) is 6.04. The summed E-state index contributed by atoms with van der Waals surface area (Å²) in [4.78, 5) is 27.4. The minimum Gasteiger partial charge on any atom is -0.345 e. The van der Waals surface area contributed by atoms with Gasteiger partial charge < -0.3 is 20.4 Å². The maximum atomic E-state index is 12.5. The third kappa shape index (κ3) is 6.15. The van der Waals surface area contributed by atoms with Crippen molar-refractivity contribution in [1.29, 1.82) is 0 Å². The lowest BCUT2D eigenvalue weighted by molar-refractivity contribution is -1.00. The number of piperazine rings is 1. The van der Waals surface area contributed by atoms with Crippen LogP contribution in [0, 0.1) is 13.8 Å². The second-order valence-corrected chi connectivity index (χ2v) is 8.35. The van der Waals surface area contributed by atoms with E-state index in [1.165, 1.54) is 15.4 Å². The molecule has 1 fully saturated rings. The van der Waals surface area contributed by atoms with Crippen LogP contribution in [0.15, 0.2) is 48.5 Å². The summed E-state index contributed by atoms with van der Waals surface area (Å²) in [6.45, 7) is 10.7. The number of nitrogens with one attached hydrogen (secondary N) is 4. The van der Waals surface area contributed by atoms with Crippen LogP contribution in [0.5, 0.6) is 0 Å². The zero-order valence-electron chi connectivity index (χ0n) is 18.3. The molecule has 160 valence electrons. The van der Waals surface area contributed by atoms with Crippen LogP contribution in [-0.2, 0) is 9.59 Å². The largest absolute Gasteiger partial charge is 0.345 e. The molecular formula is C24H34N4O2+2. The number of carbonyl (C=O) groups excluding carboxylic acids is 2. The minimum atomic E-state index is 0.0128. The van der Waals surface area contributed by atoms with Gasteiger partial charge in [-0.25, -0.2) is 0 Å². The van der Waals surface area contributed by atoms with Crippen LogP contribution < -0.4 is 20.4 Å². The highest BCUT2D eigenvalue weighted by molar-refractivity contribution is 5.92. The van der Waals surface area contributed by atoms with Gasteiger partial charge in [0.2, 0.25) is 0 Å². The SMILES string of the molecule is Cc1cccc(NC(=O)C[NH+]2CC[NH+](CC(=O)N[C@H](C)c3ccccc3)CC2)c1C. The highest BCUT2D eigenvalue weighted by Gasteiger charge is 2.26. The molecule has 30 heavy (non-hydrogen) atoms. The zero-order valence-corrected chi connectivity index (χ0v) is 18.3. The van der Waals surface area contributed by atoms with Crippen LogP contribution in [0.1, 0.15) is 29.7 Å². The molecule has 2 amide bonds. The van der Waals surface area contributed by atoms with E-state index in [0.717, 1.165) is 43.0 Å². The molecule has 1 aliphatic rings. The van der Waals surface area contributed by atoms with Gasteiger partial charge >= 0.3 is 0 Å². The van der Waals surface area contributed by atoms with Gasteiger partial charge in [-0.05, 0) is 43.5 Å². The average Bonchev–Trinajstić information content (AvgIpc) is 2.73. The van der Waals surface area contributed by atoms with E-state index in [1.807, 2.05) is 56.3 Å². The quantitative estimate of drug-likeness (QED) is 0.515. The fourth-order valence-corrected chi connectivity index (χ4v) is 3.96. The van der Waals surface area contributed by atoms with Crippen LogP contribution in [0.2, 0.25) is 0 Å². The predicted molar refractivity (Wildman–Crippen MR) is 119 cm³/mol. The maximum absolute atomic E-state index is 12.5. The molecule has 0 unspecified atom stereocenters. The number of quaternary nitrogens is 2. The second-order valence-electron chi connectivity index (χ2n) is 8.35. The van der Waals surface area contributed by atoms with E-state index in [1.54, 1.807) is 0 Å². The van der Waals surface area contributed by atoms with Crippen molar-refractivity contribution in [2.45, 2.75) is 26.8 Å². The zero-order chi connectivity index (χ0) is 21.5. The average molecular weight is 411 g/mol. The first kappa shape index (κ1) is 22.0. The van der Waals surface area contributed by atoms with Crippen LogP contribution in [-0.4, -0.2) is 51.1 Å². The van der Waals surface area contributed by atoms with E-state index in [9.17, 15) is 9.59 Å². The lowest BCUT2D eigenvalue weighted by atomic mass is 10.1. The summed E-state index contributed by atoms with van der Waals surface area (Å²) in [5.74, 6) is 0.133. The fraction of sp³-hybridized carbons (Fsp3) is 0.417. The van der Waals surface area contributed by atoms with Gasteiger partial charge in [-0.15, -0.1) is 0 Å². The van der Waals surface area contributed by atoms with Gasteiger partial charge in [0.05, 0.1) is 6.04 Å². The van der Waals surface area contributed by atoms with Crippen LogP contribution in [0.4, 0.5) is 5.69 Å². The Morgan fingerprint density at radius 2 is 1.47 bits per heavy atom. The normalized spacial score (nSPS) is 19.7. The summed E-state index contributed by atoms with van der Waals surface area (Å²) in [7, 11) is 0. The lowest BCUT2D eigenvalue weighted by Crippen LogP contribution is -3.28. The standard InChI is InChI=1S/C24H32N4O2/c1-18-8-7-11-22(19(18)2)26-24(30)17-28-14-12-27(13-15-28)16-23(29)25-20(3)21-9-5-4-6-10-21/h4-11,20H,12-17H2,1-3H3,(H,25,29)(H,26,30)/p+2/t20-/m1/s1. The molecular weight excluding hydrogens is 376 g/mol. The molecule has 4 N–H and O–H groups in total. The van der Waals surface area contributed by atoms with Crippen LogP contribution in [0.25, 0.3) is 0 Å². The number of hydrogen-bond acceptors (Lipinski definition) is 2. The number of amides is 2. The van der Waals surface area contributed by atoms with E-state index < -0.39 is 0 Å². The molecule has 1 aliphatic heterocycles. The topological polar surface area (TPSA) is 67.1 Å². The molecule has 2 aromatic rings. The predicted octanol–water partition coefficient (Wildman–Crippen LogP) is -0.0973. The molecule has 1 saturated heterocycles. The molecule has 0 saturated carbocycles. The molecule has 6 nitrogen and oxygen atoms in total. The highest BCUT2D eigenvalue weighted by atomic mass is 16.2. The molecule has 2 aromatic carbocycles. The van der Waals surface area contributed by atoms with Crippen molar-refractivity contribution in [1.82, 2.24) is 5.32 Å². The Labute approximate surface area is 179 Å². The molecule has 1 heterocycles. The number of anilines is 1. The van der Waals surface area contributed by atoms with Crippen molar-refractivity contribution in [2.24, 2.45) is 0 Å². The van der Waals surface area contributed by atoms with Gasteiger partial charge in [-0.1, -0.05) is 42.5 Å². The van der Waals surface area contributed by atoms with E-state index >= 15 is 0 Å². The summed E-state index contributed by atoms with van der Waals surface area (Å²) >= 11 is 0. The Balaban J connectivity index is 1.39. The van der Waals surface area contributed by atoms with E-state index in [4.69, 9.17) is 0 Å². The molecule has 0 aliphatic carbocycles. The van der Waals surface area contributed by atoms with Crippen molar-refractivity contribution in [3.05, 3.63) is 65.2 Å². The van der Waals surface area contributed by atoms with Crippen LogP contribution >= 0.6 is 0 Å². The smallest absolute Gasteiger partial charge is 0.279 e. The summed E-state index contributed by atoms with van der Waals surface area (Å²) in [6, 6.07) is 16.0. The van der Waals surface area contributed by atoms with Crippen molar-refractivity contribution < 1.29 is 19.4 Å². The number of rotatable bonds is 7. The van der Waals surface area contributed by atoms with Crippen molar-refractivity contribution in [3.63, 3.8) is 0 Å². The molecule has 0 bridgehead atoms. The summed E-state index contributed by atoms with van der Waals surface area (Å²) in [5.41, 5.74) is 4.31. The Hall–Kier alpha value is -2.70. The van der Waals surface area contributed by atoms with Gasteiger partial charge in [0, 0.05) is 5.69 Å². The van der Waals surface area contributed by atoms with Crippen LogP contribution in [0.3, 0.4) is 0 Å². The molecule has 0 aromatic heterocycles. The molecule has 0 radical (unpaired) electrons. The summed E-state index contributed by atoms with van der Waals surface area (Å²) in [6.07, 6.45) is 0. The van der Waals surface area contributed by atoms with Gasteiger partial charge in [-0.3, -0.25) is 9.59 Å². The van der Waals surface area contributed by atoms with E-state index in [2.05, 4.69) is 23.6 Å². The fourth-order valence-electron chi connectivity index (χ4n) is 3.96. The number of aryl methyl sites for hydroxylation is 1. The molecule has 6 heteroatoms. The third-order valence-corrected chi connectivity index (χ3v) is 6.04. The van der Waals surface area contributed by atoms with Crippen molar-refractivity contribution >= 4 is 17.5 Å². The Morgan fingerprint density at radius 3 is 2.10 bits per heavy atom. The monoisotopic (exact) mass is 410 g/mol. The summed E-state index contributed by atoms with van der Waals surface area (Å²) < 4.78 is 0. The Bertz CT molecular complexity index is 861. The number of benzene rings is 2. The van der Waals surface area contributed by atoms with Crippen molar-refractivity contribution in [2.75, 3.05) is 44.6 Å². The number of hydrogen-bond donors (Lipinski definition) is 4. The van der Waals surface area contributed by atoms with Crippen molar-refractivity contribution in [3.8, 4) is 0 Å². The highest BCUT2D eigenvalue weighted by Crippen LogP contribution is 2.17. The van der Waals surface area contributed by atoms with E-state index in [-0.39, 0.29) is 17.9 Å². The van der Waals surface area contributed by atoms with Gasteiger partial charge in [0.15, 0.2) is 13.1 Å². The molecule has 1 atom stereocenters. The van der Waals surface area contributed by atoms with Gasteiger partial charge in [0.1, 0.15) is 26.2 Å². The first-order valence-electron chi connectivity index (χ1n) is 10.8. The molecule has 3 rings (SSSR count). The Morgan fingerprint density at radius 1 is 0.867 bits per heavy atom. The lowest BCUT2D eigenvalue weighted by Gasteiger charge is -2.29. The minimum absolute atomic E-state index is 0.0128. The summed E-state index contributed by atoms with van der Waals surface area (Å²) in [5, 5.41) is 6.14. The van der Waals surface area contributed by atoms with Gasteiger partial charge in [-0.2, -0.15) is 0 Å². The maximum Gasteiger partial charge on any atom is 0.279 e. The van der Waals surface area contributed by atoms with Gasteiger partial charge in [0.25, 0.3) is 11.8 Å². The first-order chi connectivity index (χ1) is 14.4. The first-order valence-corrected chi connectivity index (χ1v) is 10.8.